The fourth-order valence-corrected chi connectivity index (χ4v) is 2.32. The fraction of sp³-hybridized carbons (Fsp3) is 0. The summed E-state index contributed by atoms with van der Waals surface area (Å²) in [6.07, 6.45) is 0. The predicted octanol–water partition coefficient (Wildman–Crippen LogP) is 6.75. The van der Waals surface area contributed by atoms with Crippen LogP contribution in [0.1, 0.15) is 0 Å². The molecule has 0 spiro atoms. The van der Waals surface area contributed by atoms with E-state index < -0.39 is 0 Å². The first-order valence-electron chi connectivity index (χ1n) is 4.75. The highest BCUT2D eigenvalue weighted by atomic mass is 35.5. The van der Waals surface area contributed by atoms with Crippen LogP contribution in [0.4, 0.5) is 0 Å². The van der Waals surface area contributed by atoms with Crippen LogP contribution in [0.15, 0.2) is 30.3 Å². The van der Waals surface area contributed by atoms with E-state index in [-0.39, 0.29) is 0 Å². The molecule has 2 aromatic carbocycles. The lowest BCUT2D eigenvalue weighted by atomic mass is 10.3. The van der Waals surface area contributed by atoms with Crippen LogP contribution in [0.25, 0.3) is 0 Å². The van der Waals surface area contributed by atoms with Gasteiger partial charge in [0.05, 0.1) is 25.1 Å². The number of halogens is 5. The van der Waals surface area contributed by atoms with Crippen LogP contribution in [-0.2, 0) is 0 Å². The number of ether oxygens (including phenoxy) is 1. The molecule has 0 aliphatic heterocycles. The lowest BCUT2D eigenvalue weighted by Crippen LogP contribution is -1.88. The van der Waals surface area contributed by atoms with Gasteiger partial charge in [0.1, 0.15) is 5.75 Å². The first-order valence-corrected chi connectivity index (χ1v) is 6.64. The number of hydrogen-bond acceptors (Lipinski definition) is 1. The molecule has 0 bridgehead atoms. The average Bonchev–Trinajstić information content (AvgIpc) is 2.30. The third kappa shape index (κ3) is 2.98. The predicted molar refractivity (Wildman–Crippen MR) is 78.0 cm³/mol. The molecule has 18 heavy (non-hydrogen) atoms. The van der Waals surface area contributed by atoms with E-state index in [1.807, 2.05) is 0 Å². The Morgan fingerprint density at radius 2 is 1.22 bits per heavy atom. The highest BCUT2D eigenvalue weighted by Gasteiger charge is 2.12. The van der Waals surface area contributed by atoms with Gasteiger partial charge in [0.2, 0.25) is 0 Å². The van der Waals surface area contributed by atoms with Crippen LogP contribution in [0.5, 0.6) is 11.5 Å². The maximum absolute atomic E-state index is 6.00. The Labute approximate surface area is 129 Å². The second-order valence-corrected chi connectivity index (χ2v) is 5.39. The standard InChI is InChI=1S/C12H5Cl5O/c13-6-2-1-3-7(14)12(6)18-11-5-9(16)8(15)4-10(11)17/h1-5H. The minimum Gasteiger partial charge on any atom is -0.453 e. The van der Waals surface area contributed by atoms with Gasteiger partial charge in [-0.05, 0) is 18.2 Å². The molecule has 0 aliphatic carbocycles. The van der Waals surface area contributed by atoms with E-state index in [0.717, 1.165) is 0 Å². The molecule has 0 aromatic heterocycles. The van der Waals surface area contributed by atoms with Crippen molar-refractivity contribution in [2.75, 3.05) is 0 Å². The van der Waals surface area contributed by atoms with Crippen molar-refractivity contribution in [3.8, 4) is 11.5 Å². The van der Waals surface area contributed by atoms with Gasteiger partial charge in [-0.25, -0.2) is 0 Å². The summed E-state index contributed by atoms with van der Waals surface area (Å²) >= 11 is 29.7. The molecule has 0 saturated heterocycles. The Hall–Kier alpha value is -0.310. The molecule has 0 unspecified atom stereocenters. The molecular formula is C12H5Cl5O. The van der Waals surface area contributed by atoms with Gasteiger partial charge in [-0.1, -0.05) is 64.1 Å². The number of benzene rings is 2. The highest BCUT2D eigenvalue weighted by Crippen LogP contribution is 2.41. The zero-order valence-electron chi connectivity index (χ0n) is 8.68. The number of para-hydroxylation sites is 1. The first-order chi connectivity index (χ1) is 8.49. The molecule has 6 heteroatoms. The monoisotopic (exact) mass is 340 g/mol. The topological polar surface area (TPSA) is 9.23 Å². The minimum absolute atomic E-state index is 0.320. The van der Waals surface area contributed by atoms with Gasteiger partial charge < -0.3 is 4.74 Å². The molecule has 0 atom stereocenters. The lowest BCUT2D eigenvalue weighted by molar-refractivity contribution is 0.483. The van der Waals surface area contributed by atoms with Crippen LogP contribution in [0.3, 0.4) is 0 Å². The summed E-state index contributed by atoms with van der Waals surface area (Å²) in [6.45, 7) is 0. The first kappa shape index (κ1) is 14.1. The van der Waals surface area contributed by atoms with E-state index in [1.54, 1.807) is 18.2 Å². The van der Waals surface area contributed by atoms with Crippen molar-refractivity contribution in [1.29, 1.82) is 0 Å². The summed E-state index contributed by atoms with van der Waals surface area (Å²) in [4.78, 5) is 0. The quantitative estimate of drug-likeness (QED) is 0.549. The molecule has 94 valence electrons. The second-order valence-electron chi connectivity index (χ2n) is 3.35. The van der Waals surface area contributed by atoms with Gasteiger partial charge in [-0.2, -0.15) is 0 Å². The van der Waals surface area contributed by atoms with Gasteiger partial charge in [0.15, 0.2) is 5.75 Å². The van der Waals surface area contributed by atoms with Crippen LogP contribution in [0.2, 0.25) is 25.1 Å². The summed E-state index contributed by atoms with van der Waals surface area (Å²) in [5, 5.41) is 1.76. The number of rotatable bonds is 2. The second kappa shape index (κ2) is 5.77. The van der Waals surface area contributed by atoms with Gasteiger partial charge in [0, 0.05) is 6.07 Å². The van der Waals surface area contributed by atoms with E-state index >= 15 is 0 Å². The van der Waals surface area contributed by atoms with E-state index in [2.05, 4.69) is 0 Å². The summed E-state index contributed by atoms with van der Waals surface area (Å²) in [7, 11) is 0. The van der Waals surface area contributed by atoms with E-state index in [0.29, 0.717) is 36.6 Å². The maximum Gasteiger partial charge on any atom is 0.164 e. The van der Waals surface area contributed by atoms with E-state index in [9.17, 15) is 0 Å². The molecule has 0 heterocycles. The highest BCUT2D eigenvalue weighted by molar-refractivity contribution is 6.43. The Morgan fingerprint density at radius 1 is 0.667 bits per heavy atom. The molecule has 0 N–H and O–H groups in total. The van der Waals surface area contributed by atoms with Crippen LogP contribution in [0, 0.1) is 0 Å². The third-order valence-corrected chi connectivity index (χ3v) is 3.72. The Bertz CT molecular complexity index is 577. The van der Waals surface area contributed by atoms with Crippen molar-refractivity contribution in [1.82, 2.24) is 0 Å². The molecular weight excluding hydrogens is 337 g/mol. The Kier molecular flexibility index (Phi) is 4.52. The van der Waals surface area contributed by atoms with Crippen LogP contribution < -0.4 is 4.74 Å². The van der Waals surface area contributed by atoms with E-state index in [4.69, 9.17) is 62.7 Å². The van der Waals surface area contributed by atoms with E-state index in [1.165, 1.54) is 12.1 Å². The molecule has 0 aliphatic rings. The molecule has 0 amide bonds. The largest absolute Gasteiger partial charge is 0.453 e. The summed E-state index contributed by atoms with van der Waals surface area (Å²) < 4.78 is 5.57. The van der Waals surface area contributed by atoms with Crippen molar-refractivity contribution in [2.45, 2.75) is 0 Å². The van der Waals surface area contributed by atoms with Gasteiger partial charge >= 0.3 is 0 Å². The lowest BCUT2D eigenvalue weighted by Gasteiger charge is -2.11. The van der Waals surface area contributed by atoms with Crippen molar-refractivity contribution in [2.24, 2.45) is 0 Å². The fourth-order valence-electron chi connectivity index (χ4n) is 1.27. The molecule has 1 nitrogen and oxygen atoms in total. The molecule has 0 fully saturated rings. The summed E-state index contributed by atoms with van der Waals surface area (Å²) in [5.41, 5.74) is 0. The smallest absolute Gasteiger partial charge is 0.164 e. The normalized spacial score (nSPS) is 10.5. The van der Waals surface area contributed by atoms with Gasteiger partial charge in [0.25, 0.3) is 0 Å². The minimum atomic E-state index is 0.320. The van der Waals surface area contributed by atoms with Gasteiger partial charge in [-0.15, -0.1) is 0 Å². The maximum atomic E-state index is 6.00. The Morgan fingerprint density at radius 3 is 1.83 bits per heavy atom. The third-order valence-electron chi connectivity index (χ3n) is 2.11. The van der Waals surface area contributed by atoms with Crippen LogP contribution >= 0.6 is 58.0 Å². The van der Waals surface area contributed by atoms with Crippen LogP contribution in [-0.4, -0.2) is 0 Å². The van der Waals surface area contributed by atoms with Crippen molar-refractivity contribution < 1.29 is 4.74 Å². The zero-order chi connectivity index (χ0) is 13.3. The van der Waals surface area contributed by atoms with Crippen molar-refractivity contribution in [3.05, 3.63) is 55.4 Å². The molecule has 2 rings (SSSR count). The zero-order valence-corrected chi connectivity index (χ0v) is 12.5. The van der Waals surface area contributed by atoms with Crippen molar-refractivity contribution >= 4 is 58.0 Å². The molecule has 0 saturated carbocycles. The SMILES string of the molecule is Clc1cc(Cl)c(Oc2c(Cl)cccc2Cl)cc1Cl. The number of hydrogen-bond donors (Lipinski definition) is 0. The molecule has 2 aromatic rings. The Balaban J connectivity index is 2.43. The molecule has 0 radical (unpaired) electrons. The summed E-state index contributed by atoms with van der Waals surface area (Å²) in [5.74, 6) is 0.655. The average molecular weight is 342 g/mol. The van der Waals surface area contributed by atoms with Gasteiger partial charge in [-0.3, -0.25) is 0 Å². The van der Waals surface area contributed by atoms with Crippen molar-refractivity contribution in [3.63, 3.8) is 0 Å². The summed E-state index contributed by atoms with van der Waals surface area (Å²) in [6, 6.07) is 8.04.